The first kappa shape index (κ1) is 16.9. The smallest absolute Gasteiger partial charge is 0.267 e. The largest absolute Gasteiger partial charge is 0.444 e. The standard InChI is InChI=1S/C18H26N4O2/c1-5-7-22-17(23)9-13-11-21(8-6-14(13)20-22)12-16-19-10-15(24-16)18(2,3)4/h9-10H,5-8,11-12H2,1-4H3. The molecule has 0 saturated heterocycles. The highest BCUT2D eigenvalue weighted by molar-refractivity contribution is 5.20. The average molecular weight is 330 g/mol. The van der Waals surface area contributed by atoms with E-state index in [1.165, 1.54) is 0 Å². The van der Waals surface area contributed by atoms with E-state index in [2.05, 4.69) is 42.7 Å². The van der Waals surface area contributed by atoms with E-state index < -0.39 is 0 Å². The van der Waals surface area contributed by atoms with Crippen LogP contribution in [-0.2, 0) is 31.5 Å². The van der Waals surface area contributed by atoms with E-state index in [9.17, 15) is 4.79 Å². The molecule has 0 unspecified atom stereocenters. The average Bonchev–Trinajstić information content (AvgIpc) is 2.97. The molecule has 0 saturated carbocycles. The first-order valence-corrected chi connectivity index (χ1v) is 8.64. The third kappa shape index (κ3) is 3.59. The molecule has 1 aliphatic heterocycles. The Kier molecular flexibility index (Phi) is 4.58. The van der Waals surface area contributed by atoms with E-state index in [1.807, 2.05) is 6.20 Å². The molecule has 0 N–H and O–H groups in total. The van der Waals surface area contributed by atoms with Gasteiger partial charge in [0.05, 0.1) is 18.4 Å². The van der Waals surface area contributed by atoms with Crippen LogP contribution in [0.5, 0.6) is 0 Å². The first-order chi connectivity index (χ1) is 11.4. The summed E-state index contributed by atoms with van der Waals surface area (Å²) in [7, 11) is 0. The van der Waals surface area contributed by atoms with Crippen LogP contribution in [0.4, 0.5) is 0 Å². The van der Waals surface area contributed by atoms with Crippen molar-refractivity contribution < 1.29 is 4.42 Å². The maximum Gasteiger partial charge on any atom is 0.267 e. The number of hydrogen-bond acceptors (Lipinski definition) is 5. The number of nitrogens with zero attached hydrogens (tertiary/aromatic N) is 4. The van der Waals surface area contributed by atoms with E-state index in [-0.39, 0.29) is 11.0 Å². The summed E-state index contributed by atoms with van der Waals surface area (Å²) in [4.78, 5) is 18.8. The van der Waals surface area contributed by atoms with Gasteiger partial charge in [0.15, 0.2) is 0 Å². The van der Waals surface area contributed by atoms with Gasteiger partial charge in [0.2, 0.25) is 5.89 Å². The van der Waals surface area contributed by atoms with Gasteiger partial charge in [0.25, 0.3) is 5.56 Å². The summed E-state index contributed by atoms with van der Waals surface area (Å²) in [6.07, 6.45) is 3.59. The minimum atomic E-state index is -0.0337. The van der Waals surface area contributed by atoms with Crippen LogP contribution < -0.4 is 5.56 Å². The highest BCUT2D eigenvalue weighted by Crippen LogP contribution is 2.24. The summed E-state index contributed by atoms with van der Waals surface area (Å²) in [5.74, 6) is 1.63. The highest BCUT2D eigenvalue weighted by Gasteiger charge is 2.23. The third-order valence-corrected chi connectivity index (χ3v) is 4.31. The van der Waals surface area contributed by atoms with Gasteiger partial charge in [-0.2, -0.15) is 5.10 Å². The Morgan fingerprint density at radius 2 is 2.12 bits per heavy atom. The fraction of sp³-hybridized carbons (Fsp3) is 0.611. The number of aryl methyl sites for hydroxylation is 1. The van der Waals surface area contributed by atoms with Crippen LogP contribution in [0.15, 0.2) is 21.5 Å². The Morgan fingerprint density at radius 3 is 2.79 bits per heavy atom. The van der Waals surface area contributed by atoms with Crippen LogP contribution in [0.25, 0.3) is 0 Å². The lowest BCUT2D eigenvalue weighted by atomic mass is 9.94. The predicted octanol–water partition coefficient (Wildman–Crippen LogP) is 2.50. The van der Waals surface area contributed by atoms with Crippen molar-refractivity contribution in [3.63, 3.8) is 0 Å². The molecule has 130 valence electrons. The highest BCUT2D eigenvalue weighted by atomic mass is 16.4. The maximum atomic E-state index is 12.1. The lowest BCUT2D eigenvalue weighted by molar-refractivity contribution is 0.212. The lowest BCUT2D eigenvalue weighted by Gasteiger charge is -2.27. The van der Waals surface area contributed by atoms with Gasteiger partial charge < -0.3 is 4.42 Å². The molecule has 0 atom stereocenters. The molecule has 0 aliphatic carbocycles. The van der Waals surface area contributed by atoms with Gasteiger partial charge in [-0.1, -0.05) is 27.7 Å². The van der Waals surface area contributed by atoms with E-state index in [4.69, 9.17) is 4.42 Å². The van der Waals surface area contributed by atoms with Crippen molar-refractivity contribution in [2.75, 3.05) is 6.54 Å². The van der Waals surface area contributed by atoms with Crippen LogP contribution in [0.3, 0.4) is 0 Å². The molecule has 2 aromatic rings. The Labute approximate surface area is 142 Å². The van der Waals surface area contributed by atoms with Crippen molar-refractivity contribution in [3.8, 4) is 0 Å². The molecule has 1 aliphatic rings. The number of aromatic nitrogens is 3. The fourth-order valence-electron chi connectivity index (χ4n) is 2.93. The molecule has 0 fully saturated rings. The lowest BCUT2D eigenvalue weighted by Crippen LogP contribution is -2.34. The van der Waals surface area contributed by atoms with Crippen LogP contribution in [0.1, 0.15) is 57.0 Å². The molecular formula is C18H26N4O2. The minimum absolute atomic E-state index is 0.0106. The van der Waals surface area contributed by atoms with Crippen molar-refractivity contribution in [1.29, 1.82) is 0 Å². The van der Waals surface area contributed by atoms with Crippen LogP contribution in [0, 0.1) is 0 Å². The van der Waals surface area contributed by atoms with Gasteiger partial charge in [-0.05, 0) is 12.0 Å². The summed E-state index contributed by atoms with van der Waals surface area (Å²) < 4.78 is 7.46. The minimum Gasteiger partial charge on any atom is -0.444 e. The molecular weight excluding hydrogens is 304 g/mol. The molecule has 0 aromatic carbocycles. The van der Waals surface area contributed by atoms with Crippen molar-refractivity contribution in [2.24, 2.45) is 0 Å². The zero-order valence-corrected chi connectivity index (χ0v) is 15.0. The zero-order valence-electron chi connectivity index (χ0n) is 15.0. The van der Waals surface area contributed by atoms with Crippen LogP contribution in [0.2, 0.25) is 0 Å². The Bertz CT molecular complexity index is 770. The van der Waals surface area contributed by atoms with Crippen LogP contribution >= 0.6 is 0 Å². The van der Waals surface area contributed by atoms with E-state index in [1.54, 1.807) is 10.7 Å². The Hall–Kier alpha value is -1.95. The third-order valence-electron chi connectivity index (χ3n) is 4.31. The molecule has 0 spiro atoms. The van der Waals surface area contributed by atoms with Gasteiger partial charge in [-0.3, -0.25) is 9.69 Å². The predicted molar refractivity (Wildman–Crippen MR) is 91.8 cm³/mol. The van der Waals surface area contributed by atoms with E-state index in [0.717, 1.165) is 48.8 Å². The summed E-state index contributed by atoms with van der Waals surface area (Å²) in [6.45, 7) is 11.4. The second-order valence-corrected chi connectivity index (χ2v) is 7.51. The van der Waals surface area contributed by atoms with Crippen molar-refractivity contribution in [2.45, 2.75) is 65.6 Å². The molecule has 24 heavy (non-hydrogen) atoms. The second kappa shape index (κ2) is 6.51. The van der Waals surface area contributed by atoms with Crippen molar-refractivity contribution in [1.82, 2.24) is 19.7 Å². The monoisotopic (exact) mass is 330 g/mol. The molecule has 6 nitrogen and oxygen atoms in total. The Morgan fingerprint density at radius 1 is 1.33 bits per heavy atom. The SMILES string of the molecule is CCCn1nc2c(cc1=O)CN(Cc1ncc(C(C)(C)C)o1)CC2. The maximum absolute atomic E-state index is 12.1. The number of fused-ring (bicyclic) bond motifs is 1. The molecule has 2 aromatic heterocycles. The summed E-state index contributed by atoms with van der Waals surface area (Å²) in [6, 6.07) is 1.74. The number of rotatable bonds is 4. The topological polar surface area (TPSA) is 64.2 Å². The normalized spacial score (nSPS) is 15.5. The zero-order chi connectivity index (χ0) is 17.3. The summed E-state index contributed by atoms with van der Waals surface area (Å²) >= 11 is 0. The van der Waals surface area contributed by atoms with Gasteiger partial charge in [0.1, 0.15) is 5.76 Å². The van der Waals surface area contributed by atoms with Crippen molar-refractivity contribution in [3.05, 3.63) is 45.5 Å². The van der Waals surface area contributed by atoms with Gasteiger partial charge in [-0.25, -0.2) is 9.67 Å². The van der Waals surface area contributed by atoms with Crippen molar-refractivity contribution >= 4 is 0 Å². The van der Waals surface area contributed by atoms with Gasteiger partial charge in [0, 0.05) is 37.5 Å². The first-order valence-electron chi connectivity index (χ1n) is 8.64. The summed E-state index contributed by atoms with van der Waals surface area (Å²) in [5.41, 5.74) is 2.03. The van der Waals surface area contributed by atoms with E-state index >= 15 is 0 Å². The molecule has 0 bridgehead atoms. The molecule has 0 radical (unpaired) electrons. The molecule has 3 rings (SSSR count). The summed E-state index contributed by atoms with van der Waals surface area (Å²) in [5, 5.41) is 4.52. The van der Waals surface area contributed by atoms with Crippen LogP contribution in [-0.4, -0.2) is 26.2 Å². The quantitative estimate of drug-likeness (QED) is 0.862. The second-order valence-electron chi connectivity index (χ2n) is 7.51. The fourth-order valence-corrected chi connectivity index (χ4v) is 2.93. The van der Waals surface area contributed by atoms with Gasteiger partial charge >= 0.3 is 0 Å². The molecule has 0 amide bonds. The van der Waals surface area contributed by atoms with E-state index in [0.29, 0.717) is 13.1 Å². The molecule has 6 heteroatoms. The Balaban J connectivity index is 1.72. The molecule has 3 heterocycles. The number of oxazole rings is 1. The number of hydrogen-bond donors (Lipinski definition) is 0. The van der Waals surface area contributed by atoms with Gasteiger partial charge in [-0.15, -0.1) is 0 Å².